The van der Waals surface area contributed by atoms with Crippen molar-refractivity contribution in [3.05, 3.63) is 42.9 Å². The highest BCUT2D eigenvalue weighted by atomic mass is 32.2. The molecular formula is C23H25NO5S3. The fraction of sp³-hybridized carbons (Fsp3) is 0.391. The van der Waals surface area contributed by atoms with Crippen LogP contribution in [0.5, 0.6) is 0 Å². The summed E-state index contributed by atoms with van der Waals surface area (Å²) in [5, 5.41) is 0. The van der Waals surface area contributed by atoms with Crippen LogP contribution < -0.4 is 4.90 Å². The van der Waals surface area contributed by atoms with E-state index in [9.17, 15) is 14.4 Å². The molecule has 0 bridgehead atoms. The number of benzene rings is 1. The summed E-state index contributed by atoms with van der Waals surface area (Å²) in [6.07, 6.45) is 0.342. The van der Waals surface area contributed by atoms with E-state index < -0.39 is 17.5 Å². The number of anilines is 1. The molecule has 0 saturated carbocycles. The molecule has 1 aromatic carbocycles. The molecule has 0 aliphatic carbocycles. The lowest BCUT2D eigenvalue weighted by atomic mass is 9.82. The second-order valence-corrected chi connectivity index (χ2v) is 10.6. The highest BCUT2D eigenvalue weighted by Gasteiger charge is 2.45. The van der Waals surface area contributed by atoms with E-state index in [1.807, 2.05) is 46.8 Å². The molecular weight excluding hydrogens is 466 g/mol. The van der Waals surface area contributed by atoms with Crippen LogP contribution in [-0.4, -0.2) is 42.5 Å². The summed E-state index contributed by atoms with van der Waals surface area (Å²) in [5.74, 6) is -1.24. The summed E-state index contributed by atoms with van der Waals surface area (Å²) < 4.78 is 10.5. The molecule has 32 heavy (non-hydrogen) atoms. The first-order valence-electron chi connectivity index (χ1n) is 9.99. The number of hydrogen-bond donors (Lipinski definition) is 0. The Morgan fingerprint density at radius 3 is 1.97 bits per heavy atom. The average molecular weight is 492 g/mol. The number of rotatable bonds is 3. The Hall–Kier alpha value is -2.10. The molecule has 1 amide bonds. The van der Waals surface area contributed by atoms with Crippen molar-refractivity contribution in [2.24, 2.45) is 0 Å². The number of nitrogens with zero attached hydrogens (tertiary/aromatic N) is 1. The summed E-state index contributed by atoms with van der Waals surface area (Å²) in [6.45, 7) is 9.67. The summed E-state index contributed by atoms with van der Waals surface area (Å²) >= 11 is 8.23. The number of esters is 2. The smallest absolute Gasteiger partial charge is 0.346 e. The molecule has 6 nitrogen and oxygen atoms in total. The van der Waals surface area contributed by atoms with Gasteiger partial charge < -0.3 is 14.4 Å². The minimum Gasteiger partial charge on any atom is -0.465 e. The Morgan fingerprint density at radius 2 is 1.50 bits per heavy atom. The van der Waals surface area contributed by atoms with E-state index in [0.717, 1.165) is 51.5 Å². The normalized spacial score (nSPS) is 17.5. The van der Waals surface area contributed by atoms with Crippen LogP contribution in [-0.2, 0) is 23.9 Å². The van der Waals surface area contributed by atoms with E-state index in [1.54, 1.807) is 4.90 Å². The second-order valence-electron chi connectivity index (χ2n) is 7.93. The number of carbonyl (C=O) groups excluding carboxylic acids is 3. The SMILES string of the molecule is CCC(=O)N1c2cc(C)c(C)cc2C(=C2SC(C(=O)OC)=C(C(=O)OC)S2)C(=S)C1(C)C. The van der Waals surface area contributed by atoms with Crippen molar-refractivity contribution in [2.75, 3.05) is 19.1 Å². The molecule has 3 rings (SSSR count). The van der Waals surface area contributed by atoms with Crippen LogP contribution in [0.4, 0.5) is 5.69 Å². The van der Waals surface area contributed by atoms with Crippen molar-refractivity contribution in [2.45, 2.75) is 46.6 Å². The zero-order chi connectivity index (χ0) is 24.0. The van der Waals surface area contributed by atoms with Gasteiger partial charge in [0.1, 0.15) is 9.81 Å². The van der Waals surface area contributed by atoms with Gasteiger partial charge in [-0.3, -0.25) is 4.79 Å². The van der Waals surface area contributed by atoms with Crippen LogP contribution in [0.3, 0.4) is 0 Å². The highest BCUT2D eigenvalue weighted by molar-refractivity contribution is 8.29. The first-order valence-corrected chi connectivity index (χ1v) is 12.0. The Labute approximate surface area is 201 Å². The molecule has 0 aromatic heterocycles. The van der Waals surface area contributed by atoms with Gasteiger partial charge in [0.15, 0.2) is 0 Å². The average Bonchev–Trinajstić information content (AvgIpc) is 3.19. The Kier molecular flexibility index (Phi) is 6.93. The molecule has 0 radical (unpaired) electrons. The van der Waals surface area contributed by atoms with Gasteiger partial charge in [-0.25, -0.2) is 9.59 Å². The van der Waals surface area contributed by atoms with Gasteiger partial charge in [0.2, 0.25) is 5.91 Å². The van der Waals surface area contributed by atoms with Crippen LogP contribution in [0.2, 0.25) is 0 Å². The van der Waals surface area contributed by atoms with Crippen LogP contribution in [0, 0.1) is 13.8 Å². The third-order valence-electron chi connectivity index (χ3n) is 5.56. The molecule has 0 spiro atoms. The minimum absolute atomic E-state index is 0.0266. The molecule has 2 aliphatic heterocycles. The zero-order valence-corrected chi connectivity index (χ0v) is 21.5. The van der Waals surface area contributed by atoms with E-state index in [0.29, 0.717) is 15.5 Å². The summed E-state index contributed by atoms with van der Waals surface area (Å²) in [7, 11) is 2.54. The lowest BCUT2D eigenvalue weighted by Crippen LogP contribution is -2.55. The predicted octanol–water partition coefficient (Wildman–Crippen LogP) is 4.91. The van der Waals surface area contributed by atoms with Crippen LogP contribution in [0.25, 0.3) is 5.57 Å². The third kappa shape index (κ3) is 3.91. The Bertz CT molecular complexity index is 1090. The Morgan fingerprint density at radius 1 is 1.00 bits per heavy atom. The third-order valence-corrected chi connectivity index (χ3v) is 8.82. The van der Waals surface area contributed by atoms with Gasteiger partial charge in [-0.2, -0.15) is 0 Å². The fourth-order valence-electron chi connectivity index (χ4n) is 3.68. The van der Waals surface area contributed by atoms with E-state index in [2.05, 4.69) is 0 Å². The largest absolute Gasteiger partial charge is 0.465 e. The van der Waals surface area contributed by atoms with Crippen molar-refractivity contribution >= 4 is 69.7 Å². The number of ether oxygens (including phenoxy) is 2. The van der Waals surface area contributed by atoms with Crippen molar-refractivity contribution < 1.29 is 23.9 Å². The topological polar surface area (TPSA) is 72.9 Å². The molecule has 170 valence electrons. The number of fused-ring (bicyclic) bond motifs is 1. The molecule has 0 N–H and O–H groups in total. The van der Waals surface area contributed by atoms with Crippen LogP contribution in [0.15, 0.2) is 26.2 Å². The molecule has 0 unspecified atom stereocenters. The number of aryl methyl sites for hydroxylation is 2. The monoisotopic (exact) mass is 491 g/mol. The lowest BCUT2D eigenvalue weighted by molar-refractivity contribution is -0.138. The minimum atomic E-state index is -0.778. The van der Waals surface area contributed by atoms with Crippen molar-refractivity contribution in [3.8, 4) is 0 Å². The number of methoxy groups -OCH3 is 2. The summed E-state index contributed by atoms with van der Waals surface area (Å²) in [4.78, 5) is 40.4. The highest BCUT2D eigenvalue weighted by Crippen LogP contribution is 2.56. The molecule has 9 heteroatoms. The maximum atomic E-state index is 13.0. The molecule has 0 atom stereocenters. The predicted molar refractivity (Wildman–Crippen MR) is 134 cm³/mol. The number of amides is 1. The van der Waals surface area contributed by atoms with Gasteiger partial charge in [-0.1, -0.05) is 42.7 Å². The van der Waals surface area contributed by atoms with E-state index in [1.165, 1.54) is 14.2 Å². The van der Waals surface area contributed by atoms with Crippen molar-refractivity contribution in [1.29, 1.82) is 0 Å². The summed E-state index contributed by atoms with van der Waals surface area (Å²) in [5.41, 5.74) is 3.66. The maximum absolute atomic E-state index is 13.0. The molecule has 0 fully saturated rings. The van der Waals surface area contributed by atoms with E-state index >= 15 is 0 Å². The number of hydrogen-bond acceptors (Lipinski definition) is 8. The van der Waals surface area contributed by atoms with Gasteiger partial charge in [-0.05, 0) is 51.0 Å². The van der Waals surface area contributed by atoms with Gasteiger partial charge >= 0.3 is 11.9 Å². The maximum Gasteiger partial charge on any atom is 0.346 e. The zero-order valence-electron chi connectivity index (χ0n) is 19.1. The lowest BCUT2D eigenvalue weighted by Gasteiger charge is -2.45. The first kappa shape index (κ1) is 24.5. The number of carbonyl (C=O) groups is 3. The van der Waals surface area contributed by atoms with Gasteiger partial charge in [0, 0.05) is 17.6 Å². The number of thiocarbonyl (C=S) groups is 1. The van der Waals surface area contributed by atoms with Gasteiger partial charge in [0.25, 0.3) is 0 Å². The van der Waals surface area contributed by atoms with Crippen LogP contribution >= 0.6 is 35.7 Å². The van der Waals surface area contributed by atoms with E-state index in [-0.39, 0.29) is 15.7 Å². The fourth-order valence-corrected chi connectivity index (χ4v) is 6.71. The Balaban J connectivity index is 2.30. The van der Waals surface area contributed by atoms with Crippen molar-refractivity contribution in [1.82, 2.24) is 0 Å². The quantitative estimate of drug-likeness (QED) is 0.335. The van der Waals surface area contributed by atoms with Crippen molar-refractivity contribution in [3.63, 3.8) is 0 Å². The molecule has 2 aliphatic rings. The standard InChI is InChI=1S/C23H25NO5S3/c1-8-15(25)24-14-10-12(3)11(2)9-13(14)16(19(30)23(24,4)5)22-31-17(20(26)28-6)18(32-22)21(27)29-7/h9-10H,8H2,1-7H3. The van der Waals surface area contributed by atoms with E-state index in [4.69, 9.17) is 21.7 Å². The van der Waals surface area contributed by atoms with Gasteiger partial charge in [-0.15, -0.1) is 0 Å². The van der Waals surface area contributed by atoms with Crippen LogP contribution in [0.1, 0.15) is 43.9 Å². The molecule has 0 saturated heterocycles. The van der Waals surface area contributed by atoms with Gasteiger partial charge in [0.05, 0.1) is 34.5 Å². The molecule has 1 aromatic rings. The molecule has 2 heterocycles. The first-order chi connectivity index (χ1) is 15.0. The number of thioether (sulfide) groups is 2. The summed E-state index contributed by atoms with van der Waals surface area (Å²) in [6, 6.07) is 4.02. The second kappa shape index (κ2) is 9.03.